The number of nitrogens with one attached hydrogen (secondary N) is 1. The first-order valence-corrected chi connectivity index (χ1v) is 7.74. The summed E-state index contributed by atoms with van der Waals surface area (Å²) < 4.78 is 0. The number of imide groups is 1. The van der Waals surface area contributed by atoms with Crippen LogP contribution in [0.1, 0.15) is 11.1 Å². The molecular weight excluding hydrogens is 294 g/mol. The lowest BCUT2D eigenvalue weighted by molar-refractivity contribution is -0.126. The third-order valence-corrected chi connectivity index (χ3v) is 4.80. The number of anilines is 1. The van der Waals surface area contributed by atoms with Crippen LogP contribution in [0.25, 0.3) is 0 Å². The third kappa shape index (κ3) is 1.92. The molecule has 4 rings (SSSR count). The topological polar surface area (TPSA) is 68.2 Å². The molecule has 0 radical (unpaired) electrons. The zero-order chi connectivity index (χ0) is 16.3. The molecule has 120 valence electrons. The van der Waals surface area contributed by atoms with E-state index in [1.807, 2.05) is 4.90 Å². The van der Waals surface area contributed by atoms with Crippen LogP contribution in [-0.4, -0.2) is 60.0 Å². The number of rotatable bonds is 1. The Balaban J connectivity index is 1.74. The molecule has 0 aromatic heterocycles. The van der Waals surface area contributed by atoms with E-state index in [4.69, 9.17) is 4.99 Å². The van der Waals surface area contributed by atoms with Crippen molar-refractivity contribution in [1.29, 1.82) is 0 Å². The molecule has 2 unspecified atom stereocenters. The Morgan fingerprint density at radius 1 is 1.22 bits per heavy atom. The molecule has 3 heterocycles. The van der Waals surface area contributed by atoms with Gasteiger partial charge in [-0.25, -0.2) is 9.79 Å². The number of fused-ring (bicyclic) bond motifs is 3. The molecule has 1 N–H and O–H groups in total. The van der Waals surface area contributed by atoms with Crippen LogP contribution in [0.2, 0.25) is 0 Å². The van der Waals surface area contributed by atoms with Crippen molar-refractivity contribution in [3.05, 3.63) is 29.3 Å². The van der Waals surface area contributed by atoms with E-state index < -0.39 is 12.2 Å². The quantitative estimate of drug-likeness (QED) is 0.827. The number of guanidine groups is 1. The monoisotopic (exact) mass is 313 g/mol. The lowest BCUT2D eigenvalue weighted by Crippen LogP contribution is -2.63. The summed E-state index contributed by atoms with van der Waals surface area (Å²) in [6.45, 7) is 5.65. The van der Waals surface area contributed by atoms with Gasteiger partial charge in [0.2, 0.25) is 5.96 Å². The summed E-state index contributed by atoms with van der Waals surface area (Å²) in [5.74, 6) is 0.519. The van der Waals surface area contributed by atoms with Crippen LogP contribution in [-0.2, 0) is 4.79 Å². The van der Waals surface area contributed by atoms with E-state index in [1.165, 1.54) is 16.0 Å². The number of urea groups is 1. The average Bonchev–Trinajstić information content (AvgIpc) is 3.06. The van der Waals surface area contributed by atoms with Gasteiger partial charge in [0.25, 0.3) is 5.91 Å². The van der Waals surface area contributed by atoms with Crippen LogP contribution in [0.15, 0.2) is 23.2 Å². The second-order valence-corrected chi connectivity index (χ2v) is 6.33. The molecule has 2 saturated heterocycles. The molecule has 3 aliphatic heterocycles. The smallest absolute Gasteiger partial charge is 0.325 e. The van der Waals surface area contributed by atoms with Crippen molar-refractivity contribution in [1.82, 2.24) is 15.1 Å². The van der Waals surface area contributed by atoms with Crippen molar-refractivity contribution < 1.29 is 9.59 Å². The lowest BCUT2D eigenvalue weighted by atomic mass is 10.1. The summed E-state index contributed by atoms with van der Waals surface area (Å²) in [6.07, 6.45) is -0.445. The molecule has 3 aliphatic rings. The molecule has 0 aliphatic carbocycles. The van der Waals surface area contributed by atoms with Gasteiger partial charge in [0.05, 0.1) is 0 Å². The van der Waals surface area contributed by atoms with Crippen molar-refractivity contribution in [2.75, 3.05) is 25.0 Å². The van der Waals surface area contributed by atoms with E-state index in [1.54, 1.807) is 7.05 Å². The maximum absolute atomic E-state index is 12.2. The lowest BCUT2D eigenvalue weighted by Gasteiger charge is -2.34. The Morgan fingerprint density at radius 2 is 2.00 bits per heavy atom. The van der Waals surface area contributed by atoms with E-state index in [0.29, 0.717) is 0 Å². The van der Waals surface area contributed by atoms with Gasteiger partial charge in [0.15, 0.2) is 12.2 Å². The summed E-state index contributed by atoms with van der Waals surface area (Å²) in [4.78, 5) is 34.4. The van der Waals surface area contributed by atoms with Gasteiger partial charge in [0, 0.05) is 25.8 Å². The summed E-state index contributed by atoms with van der Waals surface area (Å²) in [5, 5.41) is 2.40. The van der Waals surface area contributed by atoms with Gasteiger partial charge in [-0.15, -0.1) is 0 Å². The van der Waals surface area contributed by atoms with Crippen molar-refractivity contribution in [3.63, 3.8) is 0 Å². The van der Waals surface area contributed by atoms with Crippen LogP contribution in [0, 0.1) is 13.8 Å². The van der Waals surface area contributed by atoms with Gasteiger partial charge in [-0.1, -0.05) is 12.1 Å². The fraction of sp³-hybridized carbons (Fsp3) is 0.438. The molecule has 0 saturated carbocycles. The van der Waals surface area contributed by atoms with Gasteiger partial charge in [0.1, 0.15) is 0 Å². The predicted octanol–water partition coefficient (Wildman–Crippen LogP) is 0.671. The molecule has 2 fully saturated rings. The van der Waals surface area contributed by atoms with Crippen molar-refractivity contribution in [2.45, 2.75) is 26.1 Å². The van der Waals surface area contributed by atoms with E-state index in [2.05, 4.69) is 42.3 Å². The highest BCUT2D eigenvalue weighted by Gasteiger charge is 2.51. The minimum atomic E-state index is -0.445. The minimum absolute atomic E-state index is 0.264. The van der Waals surface area contributed by atoms with Crippen LogP contribution < -0.4 is 10.2 Å². The Hall–Kier alpha value is -2.57. The standard InChI is InChI=1S/C16H19N5O2/c1-9-4-5-10(2)11(8-9)20-6-7-21-12-13(17-15(20)21)19(3)16(23)18-14(12)22/h4-5,8,12-13H,6-7H2,1-3H3,(H,18,22,23). The molecule has 1 aromatic rings. The van der Waals surface area contributed by atoms with Crippen LogP contribution >= 0.6 is 0 Å². The average molecular weight is 313 g/mol. The zero-order valence-electron chi connectivity index (χ0n) is 13.4. The van der Waals surface area contributed by atoms with E-state index in [9.17, 15) is 9.59 Å². The SMILES string of the molecule is Cc1ccc(C)c(N2CCN3C2=NC2C3C(=O)NC(=O)N2C)c1. The fourth-order valence-electron chi connectivity index (χ4n) is 3.52. The molecular formula is C16H19N5O2. The molecule has 7 nitrogen and oxygen atoms in total. The summed E-state index contributed by atoms with van der Waals surface area (Å²) in [7, 11) is 1.67. The summed E-state index contributed by atoms with van der Waals surface area (Å²) in [6, 6.07) is 5.50. The normalized spacial score (nSPS) is 26.2. The molecule has 0 spiro atoms. The first kappa shape index (κ1) is 14.0. The van der Waals surface area contributed by atoms with E-state index in [-0.39, 0.29) is 11.9 Å². The second kappa shape index (κ2) is 4.71. The van der Waals surface area contributed by atoms with Crippen LogP contribution in [0.5, 0.6) is 0 Å². The van der Waals surface area contributed by atoms with Gasteiger partial charge in [-0.3, -0.25) is 10.1 Å². The van der Waals surface area contributed by atoms with Crippen LogP contribution in [0.3, 0.4) is 0 Å². The molecule has 23 heavy (non-hydrogen) atoms. The predicted molar refractivity (Wildman–Crippen MR) is 86.3 cm³/mol. The first-order valence-electron chi connectivity index (χ1n) is 7.74. The Morgan fingerprint density at radius 3 is 2.78 bits per heavy atom. The maximum atomic E-state index is 12.2. The first-order chi connectivity index (χ1) is 11.0. The number of benzene rings is 1. The number of hydrogen-bond acceptors (Lipinski definition) is 5. The number of aliphatic imine (C=N–C) groups is 1. The molecule has 7 heteroatoms. The number of carbonyl (C=O) groups excluding carboxylic acids is 2. The van der Waals surface area contributed by atoms with Crippen molar-refractivity contribution in [3.8, 4) is 0 Å². The Bertz CT molecular complexity index is 744. The maximum Gasteiger partial charge on any atom is 0.325 e. The second-order valence-electron chi connectivity index (χ2n) is 6.33. The zero-order valence-corrected chi connectivity index (χ0v) is 13.4. The van der Waals surface area contributed by atoms with Gasteiger partial charge in [-0.05, 0) is 31.0 Å². The Labute approximate surface area is 134 Å². The third-order valence-electron chi connectivity index (χ3n) is 4.80. The summed E-state index contributed by atoms with van der Waals surface area (Å²) in [5.41, 5.74) is 3.47. The summed E-state index contributed by atoms with van der Waals surface area (Å²) >= 11 is 0. The molecule has 3 amide bonds. The molecule has 1 aromatic carbocycles. The highest BCUT2D eigenvalue weighted by molar-refractivity contribution is 6.08. The highest BCUT2D eigenvalue weighted by atomic mass is 16.2. The van der Waals surface area contributed by atoms with E-state index in [0.717, 1.165) is 24.7 Å². The number of aryl methyl sites for hydroxylation is 2. The van der Waals surface area contributed by atoms with Crippen LogP contribution in [0.4, 0.5) is 10.5 Å². The van der Waals surface area contributed by atoms with Gasteiger partial charge >= 0.3 is 6.03 Å². The van der Waals surface area contributed by atoms with Crippen molar-refractivity contribution >= 4 is 23.6 Å². The molecule has 0 bridgehead atoms. The van der Waals surface area contributed by atoms with E-state index >= 15 is 0 Å². The number of nitrogens with zero attached hydrogens (tertiary/aromatic N) is 4. The highest BCUT2D eigenvalue weighted by Crippen LogP contribution is 2.32. The number of amides is 3. The number of hydrogen-bond donors (Lipinski definition) is 1. The van der Waals surface area contributed by atoms with Gasteiger partial charge in [-0.2, -0.15) is 0 Å². The minimum Gasteiger partial charge on any atom is -0.325 e. The van der Waals surface area contributed by atoms with Crippen molar-refractivity contribution in [2.24, 2.45) is 4.99 Å². The number of carbonyl (C=O) groups is 2. The fourth-order valence-corrected chi connectivity index (χ4v) is 3.52. The largest absolute Gasteiger partial charge is 0.325 e. The Kier molecular flexibility index (Phi) is 2.88. The number of likely N-dealkylation sites (N-methyl/N-ethyl adjacent to an activating group) is 1. The van der Waals surface area contributed by atoms with Gasteiger partial charge < -0.3 is 14.7 Å². The molecule has 2 atom stereocenters.